The predicted molar refractivity (Wildman–Crippen MR) is 102 cm³/mol. The Labute approximate surface area is 161 Å². The maximum absolute atomic E-state index is 12.7. The molecule has 0 saturated carbocycles. The largest absolute Gasteiger partial charge is 0.379 e. The minimum Gasteiger partial charge on any atom is -0.379 e. The van der Waals surface area contributed by atoms with Crippen LogP contribution in [-0.4, -0.2) is 72.7 Å². The van der Waals surface area contributed by atoms with Crippen molar-refractivity contribution in [3.63, 3.8) is 0 Å². The summed E-state index contributed by atoms with van der Waals surface area (Å²) in [5, 5.41) is 6.33. The zero-order valence-electron chi connectivity index (χ0n) is 16.3. The third-order valence-corrected chi connectivity index (χ3v) is 4.68. The predicted octanol–water partition coefficient (Wildman–Crippen LogP) is 2.13. The molecule has 0 aliphatic carbocycles. The van der Waals surface area contributed by atoms with Gasteiger partial charge in [-0.15, -0.1) is 0 Å². The molecule has 2 amide bonds. The summed E-state index contributed by atoms with van der Waals surface area (Å²) in [5.74, 6) is 0.139. The fraction of sp³-hybridized carbons (Fsp3) is 0.737. The van der Waals surface area contributed by atoms with Gasteiger partial charge in [-0.25, -0.2) is 0 Å². The summed E-state index contributed by atoms with van der Waals surface area (Å²) in [6, 6.07) is 1.57. The number of carbonyl (C=O) groups excluding carboxylic acids is 2. The van der Waals surface area contributed by atoms with Gasteiger partial charge in [0.15, 0.2) is 5.82 Å². The number of ether oxygens (including phenoxy) is 1. The van der Waals surface area contributed by atoms with Crippen LogP contribution in [0, 0.1) is 0 Å². The maximum Gasteiger partial charge on any atom is 0.245 e. The Morgan fingerprint density at radius 1 is 1.22 bits per heavy atom. The van der Waals surface area contributed by atoms with E-state index >= 15 is 0 Å². The molecular formula is C19H32N4O4. The summed E-state index contributed by atoms with van der Waals surface area (Å²) >= 11 is 0. The first-order valence-electron chi connectivity index (χ1n) is 9.97. The summed E-state index contributed by atoms with van der Waals surface area (Å²) < 4.78 is 10.1. The highest BCUT2D eigenvalue weighted by molar-refractivity contribution is 5.93. The maximum atomic E-state index is 12.7. The van der Waals surface area contributed by atoms with Crippen LogP contribution in [0.5, 0.6) is 0 Å². The van der Waals surface area contributed by atoms with Crippen molar-refractivity contribution in [1.82, 2.24) is 15.0 Å². The van der Waals surface area contributed by atoms with Gasteiger partial charge in [0.2, 0.25) is 11.8 Å². The van der Waals surface area contributed by atoms with Crippen LogP contribution in [0.3, 0.4) is 0 Å². The molecule has 0 atom stereocenters. The lowest BCUT2D eigenvalue weighted by Gasteiger charge is -2.30. The van der Waals surface area contributed by atoms with Gasteiger partial charge in [0.25, 0.3) is 0 Å². The van der Waals surface area contributed by atoms with E-state index < -0.39 is 0 Å². The number of carbonyl (C=O) groups is 2. The van der Waals surface area contributed by atoms with E-state index in [0.29, 0.717) is 18.8 Å². The van der Waals surface area contributed by atoms with E-state index in [1.165, 1.54) is 19.1 Å². The van der Waals surface area contributed by atoms with Crippen LogP contribution in [0.25, 0.3) is 0 Å². The normalized spacial score (nSPS) is 14.9. The Bertz CT molecular complexity index is 544. The number of amides is 2. The standard InChI is InChI=1S/C19H32N4O4/c1-2-3-4-5-6-7-19(25)23(10-9-22-11-14-26-15-12-22)16-18(24)20-17-8-13-27-21-17/h8,13H,2-7,9-12,14-16H2,1H3,(H,20,21,24). The summed E-state index contributed by atoms with van der Waals surface area (Å²) in [7, 11) is 0. The molecule has 27 heavy (non-hydrogen) atoms. The molecule has 0 spiro atoms. The first-order chi connectivity index (χ1) is 13.2. The third kappa shape index (κ3) is 8.53. The molecule has 1 fully saturated rings. The van der Waals surface area contributed by atoms with Crippen LogP contribution in [0.2, 0.25) is 0 Å². The van der Waals surface area contributed by atoms with E-state index in [2.05, 4.69) is 22.3 Å². The number of aromatic nitrogens is 1. The first-order valence-corrected chi connectivity index (χ1v) is 9.97. The number of nitrogens with zero attached hydrogens (tertiary/aromatic N) is 3. The van der Waals surface area contributed by atoms with E-state index in [0.717, 1.165) is 52.1 Å². The van der Waals surface area contributed by atoms with Crippen molar-refractivity contribution in [1.29, 1.82) is 0 Å². The summed E-state index contributed by atoms with van der Waals surface area (Å²) in [6.45, 7) is 6.67. The number of nitrogens with one attached hydrogen (secondary N) is 1. The summed E-state index contributed by atoms with van der Waals surface area (Å²) in [5.41, 5.74) is 0. The Hall–Kier alpha value is -1.93. The second kappa shape index (κ2) is 12.5. The molecule has 2 heterocycles. The van der Waals surface area contributed by atoms with Gasteiger partial charge < -0.3 is 19.5 Å². The van der Waals surface area contributed by atoms with Crippen LogP contribution in [-0.2, 0) is 14.3 Å². The van der Waals surface area contributed by atoms with Crippen LogP contribution in [0.1, 0.15) is 45.4 Å². The topological polar surface area (TPSA) is 87.9 Å². The number of unbranched alkanes of at least 4 members (excludes halogenated alkanes) is 4. The second-order valence-corrected chi connectivity index (χ2v) is 6.87. The molecule has 8 heteroatoms. The van der Waals surface area contributed by atoms with Gasteiger partial charge in [-0.2, -0.15) is 0 Å². The second-order valence-electron chi connectivity index (χ2n) is 6.87. The molecule has 1 aliphatic rings. The lowest BCUT2D eigenvalue weighted by Crippen LogP contribution is -2.45. The van der Waals surface area contributed by atoms with Crippen molar-refractivity contribution in [2.75, 3.05) is 51.3 Å². The average molecular weight is 380 g/mol. The number of rotatable bonds is 12. The fourth-order valence-corrected chi connectivity index (χ4v) is 3.05. The van der Waals surface area contributed by atoms with E-state index in [1.807, 2.05) is 0 Å². The molecular weight excluding hydrogens is 348 g/mol. The molecule has 0 unspecified atom stereocenters. The van der Waals surface area contributed by atoms with Gasteiger partial charge in [-0.3, -0.25) is 14.5 Å². The van der Waals surface area contributed by atoms with Crippen molar-refractivity contribution in [3.8, 4) is 0 Å². The molecule has 1 aliphatic heterocycles. The Balaban J connectivity index is 1.81. The molecule has 0 aromatic carbocycles. The van der Waals surface area contributed by atoms with Gasteiger partial charge in [0.05, 0.1) is 19.8 Å². The number of morpholine rings is 1. The van der Waals surface area contributed by atoms with Gasteiger partial charge in [-0.05, 0) is 6.42 Å². The lowest BCUT2D eigenvalue weighted by molar-refractivity contribution is -0.135. The Kier molecular flexibility index (Phi) is 9.86. The van der Waals surface area contributed by atoms with Gasteiger partial charge >= 0.3 is 0 Å². The van der Waals surface area contributed by atoms with E-state index in [1.54, 1.807) is 11.0 Å². The fourth-order valence-electron chi connectivity index (χ4n) is 3.05. The average Bonchev–Trinajstić information content (AvgIpc) is 3.18. The van der Waals surface area contributed by atoms with Crippen molar-refractivity contribution >= 4 is 17.6 Å². The Morgan fingerprint density at radius 3 is 2.70 bits per heavy atom. The molecule has 1 aromatic rings. The molecule has 1 aromatic heterocycles. The molecule has 0 radical (unpaired) electrons. The van der Waals surface area contributed by atoms with Gasteiger partial charge in [-0.1, -0.05) is 37.8 Å². The van der Waals surface area contributed by atoms with Gasteiger partial charge in [0, 0.05) is 38.7 Å². The van der Waals surface area contributed by atoms with Crippen LogP contribution in [0.15, 0.2) is 16.9 Å². The van der Waals surface area contributed by atoms with Gasteiger partial charge in [0.1, 0.15) is 6.26 Å². The molecule has 1 N–H and O–H groups in total. The van der Waals surface area contributed by atoms with E-state index in [-0.39, 0.29) is 18.4 Å². The van der Waals surface area contributed by atoms with Crippen LogP contribution < -0.4 is 5.32 Å². The van der Waals surface area contributed by atoms with Crippen LogP contribution >= 0.6 is 0 Å². The Morgan fingerprint density at radius 2 is 2.00 bits per heavy atom. The zero-order chi connectivity index (χ0) is 19.3. The molecule has 152 valence electrons. The number of hydrogen-bond donors (Lipinski definition) is 1. The summed E-state index contributed by atoms with van der Waals surface area (Å²) in [4.78, 5) is 28.8. The highest BCUT2D eigenvalue weighted by Gasteiger charge is 2.19. The van der Waals surface area contributed by atoms with E-state index in [9.17, 15) is 9.59 Å². The van der Waals surface area contributed by atoms with Crippen molar-refractivity contribution in [2.24, 2.45) is 0 Å². The highest BCUT2D eigenvalue weighted by atomic mass is 16.5. The van der Waals surface area contributed by atoms with Crippen molar-refractivity contribution in [3.05, 3.63) is 12.3 Å². The summed E-state index contributed by atoms with van der Waals surface area (Å²) in [6.07, 6.45) is 7.36. The smallest absolute Gasteiger partial charge is 0.245 e. The first kappa shape index (κ1) is 21.4. The molecule has 1 saturated heterocycles. The quantitative estimate of drug-likeness (QED) is 0.559. The van der Waals surface area contributed by atoms with Crippen molar-refractivity contribution < 1.29 is 18.8 Å². The minimum absolute atomic E-state index is 0.0327. The van der Waals surface area contributed by atoms with Crippen LogP contribution in [0.4, 0.5) is 5.82 Å². The zero-order valence-corrected chi connectivity index (χ0v) is 16.3. The lowest BCUT2D eigenvalue weighted by atomic mass is 10.1. The number of anilines is 1. The SMILES string of the molecule is CCCCCCCC(=O)N(CCN1CCOCC1)CC(=O)Nc1ccon1. The molecule has 8 nitrogen and oxygen atoms in total. The third-order valence-electron chi connectivity index (χ3n) is 4.68. The molecule has 2 rings (SSSR count). The monoisotopic (exact) mass is 380 g/mol. The highest BCUT2D eigenvalue weighted by Crippen LogP contribution is 2.08. The molecule has 0 bridgehead atoms. The number of hydrogen-bond acceptors (Lipinski definition) is 6. The van der Waals surface area contributed by atoms with Crippen molar-refractivity contribution in [2.45, 2.75) is 45.4 Å². The minimum atomic E-state index is -0.259. The van der Waals surface area contributed by atoms with E-state index in [4.69, 9.17) is 9.26 Å².